The van der Waals surface area contributed by atoms with Crippen molar-refractivity contribution < 1.29 is 26.5 Å². The Morgan fingerprint density at radius 2 is 1.77 bits per heavy atom. The zero-order valence-corrected chi connectivity index (χ0v) is 20.2. The predicted octanol–water partition coefficient (Wildman–Crippen LogP) is 3.69. The van der Waals surface area contributed by atoms with Crippen LogP contribution in [0, 0.1) is 26.6 Å². The molecule has 11 heteroatoms. The van der Waals surface area contributed by atoms with Gasteiger partial charge in [-0.05, 0) is 45.0 Å². The zero-order valence-electron chi connectivity index (χ0n) is 19.4. The zero-order chi connectivity index (χ0) is 24.9. The number of pyridine rings is 1. The van der Waals surface area contributed by atoms with Gasteiger partial charge in [-0.1, -0.05) is 17.3 Å². The summed E-state index contributed by atoms with van der Waals surface area (Å²) >= 11 is 0. The molecule has 1 amide bonds. The molecule has 5 rings (SSSR count). The number of sulfonamides is 1. The Labute approximate surface area is 201 Å². The fourth-order valence-electron chi connectivity index (χ4n) is 4.38. The van der Waals surface area contributed by atoms with Gasteiger partial charge in [-0.3, -0.25) is 4.79 Å². The number of furan rings is 1. The third-order valence-corrected chi connectivity index (χ3v) is 8.08. The minimum atomic E-state index is -4.01. The molecule has 35 heavy (non-hydrogen) atoms. The van der Waals surface area contributed by atoms with Gasteiger partial charge in [-0.2, -0.15) is 4.31 Å². The maximum Gasteiger partial charge on any atom is 0.259 e. The number of amides is 1. The minimum absolute atomic E-state index is 0.0478. The fraction of sp³-hybridized carbons (Fsp3) is 0.292. The largest absolute Gasteiger partial charge is 0.466 e. The van der Waals surface area contributed by atoms with E-state index in [2.05, 4.69) is 10.1 Å². The van der Waals surface area contributed by atoms with Gasteiger partial charge < -0.3 is 13.8 Å². The quantitative estimate of drug-likeness (QED) is 0.422. The monoisotopic (exact) mass is 498 g/mol. The van der Waals surface area contributed by atoms with E-state index in [0.29, 0.717) is 33.9 Å². The molecule has 0 aliphatic carbocycles. The second-order valence-electron chi connectivity index (χ2n) is 8.46. The molecule has 0 bridgehead atoms. The molecule has 1 fully saturated rings. The molecular weight excluding hydrogens is 475 g/mol. The average molecular weight is 499 g/mol. The van der Waals surface area contributed by atoms with Gasteiger partial charge in [0.15, 0.2) is 0 Å². The molecule has 0 N–H and O–H groups in total. The Morgan fingerprint density at radius 1 is 1.06 bits per heavy atom. The Balaban J connectivity index is 1.44. The number of fused-ring (bicyclic) bond motifs is 1. The first kappa shape index (κ1) is 23.2. The Morgan fingerprint density at radius 3 is 2.43 bits per heavy atom. The molecule has 0 saturated carbocycles. The van der Waals surface area contributed by atoms with Crippen LogP contribution in [0.15, 0.2) is 50.2 Å². The van der Waals surface area contributed by atoms with Crippen LogP contribution in [0.2, 0.25) is 0 Å². The maximum absolute atomic E-state index is 14.1. The number of piperazine rings is 1. The molecule has 0 unspecified atom stereocenters. The number of carbonyl (C=O) groups excluding carboxylic acids is 1. The first-order valence-electron chi connectivity index (χ1n) is 11.0. The van der Waals surface area contributed by atoms with E-state index in [0.717, 1.165) is 11.6 Å². The smallest absolute Gasteiger partial charge is 0.259 e. The molecule has 0 spiro atoms. The lowest BCUT2D eigenvalue weighted by atomic mass is 10.0. The summed E-state index contributed by atoms with van der Waals surface area (Å²) in [7, 11) is -4.01. The summed E-state index contributed by atoms with van der Waals surface area (Å²) in [6, 6.07) is 8.80. The molecule has 9 nitrogen and oxygen atoms in total. The molecule has 1 aliphatic rings. The van der Waals surface area contributed by atoms with Crippen molar-refractivity contribution in [2.75, 3.05) is 26.2 Å². The molecule has 1 aliphatic heterocycles. The SMILES string of the molecule is Cc1cc(-c2cc(C(=O)N3CCN(S(=O)(=O)c4ccccc4F)CC3)c3c(C)noc3n2)c(C)o1. The van der Waals surface area contributed by atoms with E-state index >= 15 is 0 Å². The van der Waals surface area contributed by atoms with Crippen molar-refractivity contribution in [1.29, 1.82) is 0 Å². The van der Waals surface area contributed by atoms with Crippen LogP contribution in [-0.4, -0.2) is 59.8 Å². The van der Waals surface area contributed by atoms with E-state index in [1.54, 1.807) is 17.9 Å². The second-order valence-corrected chi connectivity index (χ2v) is 10.4. The van der Waals surface area contributed by atoms with Crippen molar-refractivity contribution >= 4 is 27.0 Å². The first-order valence-corrected chi connectivity index (χ1v) is 12.5. The Hall–Kier alpha value is -3.57. The van der Waals surface area contributed by atoms with Crippen LogP contribution in [0.3, 0.4) is 0 Å². The second kappa shape index (κ2) is 8.58. The molecule has 182 valence electrons. The number of carbonyl (C=O) groups is 1. The number of rotatable bonds is 4. The lowest BCUT2D eigenvalue weighted by Gasteiger charge is -2.34. The first-order chi connectivity index (χ1) is 16.7. The lowest BCUT2D eigenvalue weighted by molar-refractivity contribution is 0.0699. The summed E-state index contributed by atoms with van der Waals surface area (Å²) in [5.41, 5.74) is 2.40. The van der Waals surface area contributed by atoms with E-state index in [-0.39, 0.29) is 42.7 Å². The molecule has 4 heterocycles. The van der Waals surface area contributed by atoms with Crippen LogP contribution in [0.25, 0.3) is 22.4 Å². The number of aromatic nitrogens is 2. The molecule has 1 saturated heterocycles. The van der Waals surface area contributed by atoms with Gasteiger partial charge in [0, 0.05) is 31.7 Å². The van der Waals surface area contributed by atoms with Crippen molar-refractivity contribution in [3.63, 3.8) is 0 Å². The van der Waals surface area contributed by atoms with Crippen LogP contribution in [-0.2, 0) is 10.0 Å². The number of halogens is 1. The third kappa shape index (κ3) is 4.00. The van der Waals surface area contributed by atoms with E-state index in [1.165, 1.54) is 22.5 Å². The van der Waals surface area contributed by atoms with Crippen LogP contribution in [0.1, 0.15) is 27.6 Å². The van der Waals surface area contributed by atoms with E-state index in [9.17, 15) is 17.6 Å². The summed E-state index contributed by atoms with van der Waals surface area (Å²) in [6.45, 7) is 5.78. The normalized spacial score (nSPS) is 15.1. The molecule has 0 radical (unpaired) electrons. The van der Waals surface area contributed by atoms with E-state index in [1.807, 2.05) is 19.9 Å². The number of nitrogens with zero attached hydrogens (tertiary/aromatic N) is 4. The highest BCUT2D eigenvalue weighted by Gasteiger charge is 2.33. The summed E-state index contributed by atoms with van der Waals surface area (Å²) in [5, 5.41) is 4.49. The van der Waals surface area contributed by atoms with Crippen LogP contribution >= 0.6 is 0 Å². The van der Waals surface area contributed by atoms with E-state index < -0.39 is 15.8 Å². The van der Waals surface area contributed by atoms with Gasteiger partial charge in [0.05, 0.1) is 22.3 Å². The van der Waals surface area contributed by atoms with Crippen LogP contribution < -0.4 is 0 Å². The standard InChI is InChI=1S/C24H23FN4O5S/c1-14-12-17(16(3)33-14)20-13-18(22-15(2)27-34-23(22)26-20)24(30)28-8-10-29(11-9-28)35(31,32)21-7-5-4-6-19(21)25/h4-7,12-13H,8-11H2,1-3H3. The van der Waals surface area contributed by atoms with Gasteiger partial charge in [0.25, 0.3) is 11.6 Å². The maximum atomic E-state index is 14.1. The fourth-order valence-corrected chi connectivity index (χ4v) is 5.87. The highest BCUT2D eigenvalue weighted by molar-refractivity contribution is 7.89. The Kier molecular flexibility index (Phi) is 5.68. The molecular formula is C24H23FN4O5S. The Bertz CT molecular complexity index is 1550. The molecule has 4 aromatic rings. The summed E-state index contributed by atoms with van der Waals surface area (Å²) < 4.78 is 52.2. The summed E-state index contributed by atoms with van der Waals surface area (Å²) in [6.07, 6.45) is 0. The molecule has 1 aromatic carbocycles. The summed E-state index contributed by atoms with van der Waals surface area (Å²) in [5.74, 6) is 0.292. The predicted molar refractivity (Wildman–Crippen MR) is 125 cm³/mol. The van der Waals surface area contributed by atoms with Gasteiger partial charge in [0.1, 0.15) is 22.2 Å². The minimum Gasteiger partial charge on any atom is -0.466 e. The average Bonchev–Trinajstić information content (AvgIpc) is 3.39. The van der Waals surface area contributed by atoms with Gasteiger partial charge in [0.2, 0.25) is 10.0 Å². The van der Waals surface area contributed by atoms with Crippen molar-refractivity contribution in [3.05, 3.63) is 65.0 Å². The number of aryl methyl sites for hydroxylation is 3. The number of hydrogen-bond acceptors (Lipinski definition) is 7. The van der Waals surface area contributed by atoms with Crippen molar-refractivity contribution in [1.82, 2.24) is 19.3 Å². The highest BCUT2D eigenvalue weighted by Crippen LogP contribution is 2.31. The topological polar surface area (TPSA) is 110 Å². The lowest BCUT2D eigenvalue weighted by Crippen LogP contribution is -2.50. The highest BCUT2D eigenvalue weighted by atomic mass is 32.2. The molecule has 3 aromatic heterocycles. The summed E-state index contributed by atoms with van der Waals surface area (Å²) in [4.78, 5) is 19.3. The van der Waals surface area contributed by atoms with Crippen LogP contribution in [0.5, 0.6) is 0 Å². The van der Waals surface area contributed by atoms with Gasteiger partial charge in [-0.15, -0.1) is 0 Å². The van der Waals surface area contributed by atoms with Gasteiger partial charge >= 0.3 is 0 Å². The number of benzene rings is 1. The third-order valence-electron chi connectivity index (χ3n) is 6.14. The molecule has 0 atom stereocenters. The van der Waals surface area contributed by atoms with Crippen LogP contribution in [0.4, 0.5) is 4.39 Å². The van der Waals surface area contributed by atoms with Crippen molar-refractivity contribution in [3.8, 4) is 11.3 Å². The van der Waals surface area contributed by atoms with E-state index in [4.69, 9.17) is 8.94 Å². The van der Waals surface area contributed by atoms with Gasteiger partial charge in [-0.25, -0.2) is 17.8 Å². The van der Waals surface area contributed by atoms with Crippen molar-refractivity contribution in [2.24, 2.45) is 0 Å². The number of hydrogen-bond donors (Lipinski definition) is 0. The van der Waals surface area contributed by atoms with Crippen molar-refractivity contribution in [2.45, 2.75) is 25.7 Å².